The average molecular weight is 468 g/mol. The number of nitrogens with zero attached hydrogens (tertiary/aromatic N) is 1. The summed E-state index contributed by atoms with van der Waals surface area (Å²) in [7, 11) is 0. The molecule has 174 valence electrons. The molecule has 3 aromatic carbocycles. The number of aromatic carboxylic acids is 1. The molecule has 0 saturated carbocycles. The van der Waals surface area contributed by atoms with Crippen LogP contribution in [-0.2, 0) is 4.74 Å². The van der Waals surface area contributed by atoms with Gasteiger partial charge < -0.3 is 19.9 Å². The van der Waals surface area contributed by atoms with Gasteiger partial charge in [-0.2, -0.15) is 0 Å². The Morgan fingerprint density at radius 3 is 2.50 bits per heavy atom. The van der Waals surface area contributed by atoms with Crippen LogP contribution in [0.5, 0.6) is 11.5 Å². The van der Waals surface area contributed by atoms with Crippen LogP contribution in [0.3, 0.4) is 0 Å². The molecule has 0 aromatic heterocycles. The fourth-order valence-corrected chi connectivity index (χ4v) is 2.92. The minimum Gasteiger partial charge on any atom is -0.478 e. The first-order valence-corrected chi connectivity index (χ1v) is 9.77. The van der Waals surface area contributed by atoms with Crippen LogP contribution >= 0.6 is 0 Å². The molecule has 0 heterocycles. The summed E-state index contributed by atoms with van der Waals surface area (Å²) in [5, 5.41) is 22.9. The van der Waals surface area contributed by atoms with Crippen molar-refractivity contribution in [3.63, 3.8) is 0 Å². The summed E-state index contributed by atoms with van der Waals surface area (Å²) >= 11 is 0. The van der Waals surface area contributed by atoms with Gasteiger partial charge in [-0.3, -0.25) is 14.9 Å². The zero-order chi connectivity index (χ0) is 24.8. The maximum Gasteiger partial charge on any atom is 0.339 e. The first-order valence-electron chi connectivity index (χ1n) is 9.77. The molecule has 3 aromatic rings. The second kappa shape index (κ2) is 10.2. The number of non-ortho nitro benzene ring substituents is 1. The molecule has 11 heteroatoms. The first kappa shape index (κ1) is 23.9. The molecule has 0 aliphatic rings. The Labute approximate surface area is 191 Å². The Morgan fingerprint density at radius 1 is 1.06 bits per heavy atom. The maximum atomic E-state index is 13.9. The van der Waals surface area contributed by atoms with E-state index in [1.165, 1.54) is 36.4 Å². The third-order valence-electron chi connectivity index (χ3n) is 4.46. The SMILES string of the molecule is CCOC(=O)c1ccc(Oc2cc(F)ccc2NC(=O)c2cccc([N+](=O)[O-])c2)cc1C(=O)O. The van der Waals surface area contributed by atoms with Gasteiger partial charge >= 0.3 is 11.9 Å². The second-order valence-corrected chi connectivity index (χ2v) is 6.74. The van der Waals surface area contributed by atoms with Gasteiger partial charge in [-0.25, -0.2) is 14.0 Å². The normalized spacial score (nSPS) is 10.3. The Balaban J connectivity index is 1.91. The summed E-state index contributed by atoms with van der Waals surface area (Å²) in [5.41, 5.74) is -0.874. The average Bonchev–Trinajstić information content (AvgIpc) is 2.80. The molecule has 2 N–H and O–H groups in total. The number of esters is 1. The van der Waals surface area contributed by atoms with Crippen molar-refractivity contribution in [3.05, 3.63) is 93.3 Å². The van der Waals surface area contributed by atoms with Crippen molar-refractivity contribution >= 4 is 29.2 Å². The molecule has 0 saturated heterocycles. The molecule has 0 radical (unpaired) electrons. The molecule has 0 aliphatic carbocycles. The number of hydrogen-bond donors (Lipinski definition) is 2. The number of carbonyl (C=O) groups excluding carboxylic acids is 2. The molecule has 0 spiro atoms. The molecule has 3 rings (SSSR count). The lowest BCUT2D eigenvalue weighted by Gasteiger charge is -2.14. The molecular weight excluding hydrogens is 451 g/mol. The van der Waals surface area contributed by atoms with E-state index in [-0.39, 0.29) is 40.6 Å². The van der Waals surface area contributed by atoms with E-state index < -0.39 is 34.1 Å². The smallest absolute Gasteiger partial charge is 0.339 e. The van der Waals surface area contributed by atoms with E-state index in [2.05, 4.69) is 5.32 Å². The molecule has 10 nitrogen and oxygen atoms in total. The predicted octanol–water partition coefficient (Wildman–Crippen LogP) is 4.65. The minimum atomic E-state index is -1.41. The van der Waals surface area contributed by atoms with Crippen molar-refractivity contribution in [2.45, 2.75) is 6.92 Å². The molecule has 0 atom stereocenters. The van der Waals surface area contributed by atoms with Crippen LogP contribution in [0.4, 0.5) is 15.8 Å². The van der Waals surface area contributed by atoms with E-state index in [4.69, 9.17) is 9.47 Å². The quantitative estimate of drug-likeness (QED) is 0.276. The van der Waals surface area contributed by atoms with Gasteiger partial charge in [0, 0.05) is 23.8 Å². The summed E-state index contributed by atoms with van der Waals surface area (Å²) in [6, 6.07) is 11.8. The van der Waals surface area contributed by atoms with E-state index in [1.54, 1.807) is 6.92 Å². The Hall–Kier alpha value is -4.80. The lowest BCUT2D eigenvalue weighted by Crippen LogP contribution is -2.13. The number of carboxylic acids is 1. The Kier molecular flexibility index (Phi) is 7.16. The summed E-state index contributed by atoms with van der Waals surface area (Å²) in [6.45, 7) is 1.62. The second-order valence-electron chi connectivity index (χ2n) is 6.74. The zero-order valence-corrected chi connectivity index (χ0v) is 17.6. The highest BCUT2D eigenvalue weighted by Gasteiger charge is 2.20. The summed E-state index contributed by atoms with van der Waals surface area (Å²) in [5.74, 6) is -3.89. The molecule has 0 fully saturated rings. The van der Waals surface area contributed by atoms with Crippen LogP contribution in [0.1, 0.15) is 38.0 Å². The van der Waals surface area contributed by atoms with Gasteiger partial charge in [-0.1, -0.05) is 6.07 Å². The van der Waals surface area contributed by atoms with Crippen LogP contribution in [0.2, 0.25) is 0 Å². The molecule has 0 unspecified atom stereocenters. The zero-order valence-electron chi connectivity index (χ0n) is 17.6. The first-order chi connectivity index (χ1) is 16.2. The number of rotatable bonds is 8. The largest absolute Gasteiger partial charge is 0.478 e. The van der Waals surface area contributed by atoms with Gasteiger partial charge in [0.1, 0.15) is 11.6 Å². The van der Waals surface area contributed by atoms with Crippen molar-refractivity contribution in [2.24, 2.45) is 0 Å². The topological polar surface area (TPSA) is 145 Å². The minimum absolute atomic E-state index is 0.0172. The van der Waals surface area contributed by atoms with Crippen molar-refractivity contribution in [2.75, 3.05) is 11.9 Å². The number of halogens is 1. The highest BCUT2D eigenvalue weighted by atomic mass is 19.1. The van der Waals surface area contributed by atoms with Gasteiger partial charge in [0.05, 0.1) is 28.3 Å². The molecule has 0 aliphatic heterocycles. The van der Waals surface area contributed by atoms with E-state index in [9.17, 15) is 34.0 Å². The maximum absolute atomic E-state index is 13.9. The summed E-state index contributed by atoms with van der Waals surface area (Å²) in [4.78, 5) is 46.5. The monoisotopic (exact) mass is 468 g/mol. The molecule has 1 amide bonds. The van der Waals surface area contributed by atoms with E-state index >= 15 is 0 Å². The lowest BCUT2D eigenvalue weighted by atomic mass is 10.1. The third-order valence-corrected chi connectivity index (χ3v) is 4.46. The van der Waals surface area contributed by atoms with Crippen LogP contribution in [0, 0.1) is 15.9 Å². The number of nitro groups is 1. The highest BCUT2D eigenvalue weighted by molar-refractivity contribution is 6.05. The standard InChI is InChI=1S/C23H17FN2O8/c1-2-33-23(30)17-8-7-16(12-18(17)22(28)29)34-20-11-14(24)6-9-19(20)25-21(27)13-4-3-5-15(10-13)26(31)32/h3-12H,2H2,1H3,(H,25,27)(H,28,29). The predicted molar refractivity (Wildman–Crippen MR) is 117 cm³/mol. The number of carbonyl (C=O) groups is 3. The van der Waals surface area contributed by atoms with Crippen LogP contribution < -0.4 is 10.1 Å². The molecular formula is C23H17FN2O8. The van der Waals surface area contributed by atoms with Crippen molar-refractivity contribution < 1.29 is 38.3 Å². The van der Waals surface area contributed by atoms with Crippen LogP contribution in [0.25, 0.3) is 0 Å². The number of amides is 1. The lowest BCUT2D eigenvalue weighted by molar-refractivity contribution is -0.384. The number of anilines is 1. The van der Waals surface area contributed by atoms with Gasteiger partial charge in [0.15, 0.2) is 5.75 Å². The Morgan fingerprint density at radius 2 is 1.82 bits per heavy atom. The number of ether oxygens (including phenoxy) is 2. The third kappa shape index (κ3) is 5.51. The Bertz CT molecular complexity index is 1290. The fraction of sp³-hybridized carbons (Fsp3) is 0.0870. The molecule has 0 bridgehead atoms. The summed E-state index contributed by atoms with van der Waals surface area (Å²) < 4.78 is 24.3. The number of benzene rings is 3. The summed E-state index contributed by atoms with van der Waals surface area (Å²) in [6.07, 6.45) is 0. The number of carboxylic acid groups (broad SMARTS) is 1. The van der Waals surface area contributed by atoms with Crippen LogP contribution in [0.15, 0.2) is 60.7 Å². The van der Waals surface area contributed by atoms with E-state index in [0.29, 0.717) is 0 Å². The van der Waals surface area contributed by atoms with Gasteiger partial charge in [0.2, 0.25) is 0 Å². The van der Waals surface area contributed by atoms with Gasteiger partial charge in [0.25, 0.3) is 11.6 Å². The van der Waals surface area contributed by atoms with Crippen molar-refractivity contribution in [3.8, 4) is 11.5 Å². The van der Waals surface area contributed by atoms with Gasteiger partial charge in [-0.15, -0.1) is 0 Å². The number of nitrogens with one attached hydrogen (secondary N) is 1. The number of nitro benzene ring substituents is 1. The van der Waals surface area contributed by atoms with Crippen molar-refractivity contribution in [1.82, 2.24) is 0 Å². The highest BCUT2D eigenvalue weighted by Crippen LogP contribution is 2.32. The van der Waals surface area contributed by atoms with E-state index in [1.807, 2.05) is 0 Å². The van der Waals surface area contributed by atoms with Gasteiger partial charge in [-0.05, 0) is 43.3 Å². The fourth-order valence-electron chi connectivity index (χ4n) is 2.92. The number of hydrogen-bond acceptors (Lipinski definition) is 7. The molecule has 34 heavy (non-hydrogen) atoms. The van der Waals surface area contributed by atoms with E-state index in [0.717, 1.165) is 24.3 Å². The van der Waals surface area contributed by atoms with Crippen LogP contribution in [-0.4, -0.2) is 34.5 Å². The van der Waals surface area contributed by atoms with Crippen molar-refractivity contribution in [1.29, 1.82) is 0 Å².